The minimum Gasteiger partial charge on any atom is -0.342 e. The topological polar surface area (TPSA) is 61.4 Å². The van der Waals surface area contributed by atoms with Gasteiger partial charge in [0.05, 0.1) is 11.4 Å². The van der Waals surface area contributed by atoms with Gasteiger partial charge in [0.2, 0.25) is 5.91 Å². The standard InChI is InChI=1S/C14H21N3O2S.ClH/c1-2-7-17(11-5-6-15-9-11)13(18)10-16-14(19)12-4-3-8-20-12;/h3-4,8,11,15H,2,5-7,9-10H2,1H3,(H,16,19);1H. The molecule has 5 nitrogen and oxygen atoms in total. The second-order valence-electron chi connectivity index (χ2n) is 4.89. The third kappa shape index (κ3) is 4.98. The first-order valence-corrected chi connectivity index (χ1v) is 7.92. The molecule has 7 heteroatoms. The number of carbonyl (C=O) groups excluding carboxylic acids is 2. The summed E-state index contributed by atoms with van der Waals surface area (Å²) >= 11 is 1.38. The zero-order valence-electron chi connectivity index (χ0n) is 12.1. The molecular formula is C14H22ClN3O2S. The van der Waals surface area contributed by atoms with E-state index >= 15 is 0 Å². The quantitative estimate of drug-likeness (QED) is 0.830. The van der Waals surface area contributed by atoms with Gasteiger partial charge in [-0.05, 0) is 30.8 Å². The molecule has 2 amide bonds. The van der Waals surface area contributed by atoms with Gasteiger partial charge < -0.3 is 15.5 Å². The van der Waals surface area contributed by atoms with Gasteiger partial charge in [-0.25, -0.2) is 0 Å². The maximum atomic E-state index is 12.3. The number of halogens is 1. The van der Waals surface area contributed by atoms with Crippen molar-refractivity contribution in [1.82, 2.24) is 15.5 Å². The Hall–Kier alpha value is -1.11. The number of hydrogen-bond donors (Lipinski definition) is 2. The fourth-order valence-corrected chi connectivity index (χ4v) is 3.05. The molecular weight excluding hydrogens is 310 g/mol. The molecule has 1 atom stereocenters. The van der Waals surface area contributed by atoms with Crippen LogP contribution in [0.15, 0.2) is 17.5 Å². The van der Waals surface area contributed by atoms with Crippen LogP contribution < -0.4 is 10.6 Å². The maximum Gasteiger partial charge on any atom is 0.261 e. The minimum atomic E-state index is -0.172. The molecule has 1 aliphatic heterocycles. The molecule has 0 aromatic carbocycles. The van der Waals surface area contributed by atoms with Crippen LogP contribution in [0.3, 0.4) is 0 Å². The van der Waals surface area contributed by atoms with Gasteiger partial charge >= 0.3 is 0 Å². The summed E-state index contributed by atoms with van der Waals surface area (Å²) in [5, 5.41) is 7.83. The van der Waals surface area contributed by atoms with Crippen LogP contribution in [0.5, 0.6) is 0 Å². The molecule has 0 radical (unpaired) electrons. The van der Waals surface area contributed by atoms with Gasteiger partial charge in [-0.1, -0.05) is 13.0 Å². The van der Waals surface area contributed by atoms with Crippen molar-refractivity contribution < 1.29 is 9.59 Å². The average Bonchev–Trinajstić information content (AvgIpc) is 3.13. The lowest BCUT2D eigenvalue weighted by atomic mass is 10.2. The predicted molar refractivity (Wildman–Crippen MR) is 87.2 cm³/mol. The predicted octanol–water partition coefficient (Wildman–Crippen LogP) is 1.50. The molecule has 1 unspecified atom stereocenters. The highest BCUT2D eigenvalue weighted by Gasteiger charge is 2.25. The monoisotopic (exact) mass is 331 g/mol. The van der Waals surface area contributed by atoms with Gasteiger partial charge in [0.15, 0.2) is 0 Å². The van der Waals surface area contributed by atoms with Crippen LogP contribution in [-0.4, -0.2) is 48.9 Å². The molecule has 1 aromatic rings. The van der Waals surface area contributed by atoms with E-state index in [0.29, 0.717) is 4.88 Å². The summed E-state index contributed by atoms with van der Waals surface area (Å²) in [6.45, 7) is 4.70. The first-order chi connectivity index (χ1) is 9.72. The van der Waals surface area contributed by atoms with Crippen LogP contribution in [-0.2, 0) is 4.79 Å². The number of thiophene rings is 1. The molecule has 1 aliphatic rings. The molecule has 0 saturated carbocycles. The first kappa shape index (κ1) is 17.9. The Bertz CT molecular complexity index is 447. The number of nitrogens with one attached hydrogen (secondary N) is 2. The van der Waals surface area contributed by atoms with Crippen molar-refractivity contribution in [2.75, 3.05) is 26.2 Å². The Morgan fingerprint density at radius 1 is 1.52 bits per heavy atom. The molecule has 2 N–H and O–H groups in total. The van der Waals surface area contributed by atoms with E-state index < -0.39 is 0 Å². The van der Waals surface area contributed by atoms with E-state index in [9.17, 15) is 9.59 Å². The summed E-state index contributed by atoms with van der Waals surface area (Å²) < 4.78 is 0. The Morgan fingerprint density at radius 3 is 2.90 bits per heavy atom. The van der Waals surface area contributed by atoms with E-state index in [2.05, 4.69) is 17.6 Å². The summed E-state index contributed by atoms with van der Waals surface area (Å²) in [7, 11) is 0. The van der Waals surface area contributed by atoms with Crippen LogP contribution in [0.4, 0.5) is 0 Å². The molecule has 0 spiro atoms. The Kier molecular flexibility index (Phi) is 7.71. The van der Waals surface area contributed by atoms with Crippen LogP contribution in [0.25, 0.3) is 0 Å². The van der Waals surface area contributed by atoms with Crippen molar-refractivity contribution in [3.8, 4) is 0 Å². The lowest BCUT2D eigenvalue weighted by Crippen LogP contribution is -2.46. The van der Waals surface area contributed by atoms with E-state index in [1.165, 1.54) is 11.3 Å². The van der Waals surface area contributed by atoms with Crippen LogP contribution >= 0.6 is 23.7 Å². The number of amides is 2. The van der Waals surface area contributed by atoms with Crippen molar-refractivity contribution >= 4 is 35.6 Å². The molecule has 2 rings (SSSR count). The lowest BCUT2D eigenvalue weighted by molar-refractivity contribution is -0.132. The van der Waals surface area contributed by atoms with E-state index in [4.69, 9.17) is 0 Å². The summed E-state index contributed by atoms with van der Waals surface area (Å²) in [5.74, 6) is -0.167. The first-order valence-electron chi connectivity index (χ1n) is 7.04. The molecule has 1 aromatic heterocycles. The molecule has 2 heterocycles. The van der Waals surface area contributed by atoms with Gasteiger partial charge in [-0.3, -0.25) is 9.59 Å². The highest BCUT2D eigenvalue weighted by molar-refractivity contribution is 7.12. The van der Waals surface area contributed by atoms with Crippen LogP contribution in [0.1, 0.15) is 29.4 Å². The Labute approximate surface area is 135 Å². The lowest BCUT2D eigenvalue weighted by Gasteiger charge is -2.28. The summed E-state index contributed by atoms with van der Waals surface area (Å²) in [4.78, 5) is 26.6. The molecule has 1 fully saturated rings. The summed E-state index contributed by atoms with van der Waals surface area (Å²) in [6.07, 6.45) is 1.92. The van der Waals surface area contributed by atoms with E-state index in [1.54, 1.807) is 6.07 Å². The summed E-state index contributed by atoms with van der Waals surface area (Å²) in [5.41, 5.74) is 0. The van der Waals surface area contributed by atoms with Crippen LogP contribution in [0, 0.1) is 0 Å². The minimum absolute atomic E-state index is 0. The smallest absolute Gasteiger partial charge is 0.261 e. The number of hydrogen-bond acceptors (Lipinski definition) is 4. The Morgan fingerprint density at radius 2 is 2.33 bits per heavy atom. The van der Waals surface area contributed by atoms with Gasteiger partial charge in [0, 0.05) is 19.1 Å². The van der Waals surface area contributed by atoms with Gasteiger partial charge in [-0.2, -0.15) is 0 Å². The molecule has 0 aliphatic carbocycles. The third-order valence-corrected chi connectivity index (χ3v) is 4.27. The SMILES string of the molecule is CCCN(C(=O)CNC(=O)c1cccs1)C1CCNC1.Cl. The van der Waals surface area contributed by atoms with Gasteiger partial charge in [0.25, 0.3) is 5.91 Å². The normalized spacial score (nSPS) is 17.1. The largest absolute Gasteiger partial charge is 0.342 e. The second-order valence-corrected chi connectivity index (χ2v) is 5.84. The number of rotatable bonds is 6. The Balaban J connectivity index is 0.00000220. The molecule has 21 heavy (non-hydrogen) atoms. The molecule has 0 bridgehead atoms. The van der Waals surface area contributed by atoms with E-state index in [-0.39, 0.29) is 36.8 Å². The zero-order valence-corrected chi connectivity index (χ0v) is 13.8. The fraction of sp³-hybridized carbons (Fsp3) is 0.571. The van der Waals surface area contributed by atoms with E-state index in [0.717, 1.165) is 32.5 Å². The number of carbonyl (C=O) groups is 2. The molecule has 1 saturated heterocycles. The van der Waals surface area contributed by atoms with Crippen molar-refractivity contribution in [3.05, 3.63) is 22.4 Å². The van der Waals surface area contributed by atoms with Crippen molar-refractivity contribution in [2.45, 2.75) is 25.8 Å². The fourth-order valence-electron chi connectivity index (χ4n) is 2.41. The third-order valence-electron chi connectivity index (χ3n) is 3.41. The highest BCUT2D eigenvalue weighted by Crippen LogP contribution is 2.10. The van der Waals surface area contributed by atoms with Gasteiger partial charge in [-0.15, -0.1) is 23.7 Å². The zero-order chi connectivity index (χ0) is 14.4. The van der Waals surface area contributed by atoms with Crippen molar-refractivity contribution in [1.29, 1.82) is 0 Å². The van der Waals surface area contributed by atoms with Gasteiger partial charge in [0.1, 0.15) is 0 Å². The van der Waals surface area contributed by atoms with Crippen molar-refractivity contribution in [2.24, 2.45) is 0 Å². The number of nitrogens with zero attached hydrogens (tertiary/aromatic N) is 1. The molecule has 118 valence electrons. The highest BCUT2D eigenvalue weighted by atomic mass is 35.5. The van der Waals surface area contributed by atoms with Crippen LogP contribution in [0.2, 0.25) is 0 Å². The average molecular weight is 332 g/mol. The van der Waals surface area contributed by atoms with E-state index in [1.807, 2.05) is 16.3 Å². The second kappa shape index (κ2) is 9.02. The summed E-state index contributed by atoms with van der Waals surface area (Å²) in [6, 6.07) is 3.85. The van der Waals surface area contributed by atoms with Crippen molar-refractivity contribution in [3.63, 3.8) is 0 Å². The maximum absolute atomic E-state index is 12.3.